The number of rotatable bonds is 3. The molecule has 5 N–H and O–H groups in total. The lowest BCUT2D eigenvalue weighted by Gasteiger charge is -2.36. The van der Waals surface area contributed by atoms with Crippen LogP contribution in [-0.4, -0.2) is 44.7 Å². The molecule has 0 spiro atoms. The van der Waals surface area contributed by atoms with Gasteiger partial charge in [-0.05, 0) is 12.1 Å². The van der Waals surface area contributed by atoms with Gasteiger partial charge in [0.1, 0.15) is 11.9 Å². The number of likely N-dealkylation sites (N-methyl/N-ethyl adjacent to an activating group) is 1. The van der Waals surface area contributed by atoms with E-state index in [1.54, 1.807) is 4.90 Å². The van der Waals surface area contributed by atoms with Crippen LogP contribution in [-0.2, 0) is 9.53 Å². The number of hydrogen-bond acceptors (Lipinski definition) is 5. The quantitative estimate of drug-likeness (QED) is 0.649. The second kappa shape index (κ2) is 5.96. The number of amides is 2. The van der Waals surface area contributed by atoms with Gasteiger partial charge in [0.15, 0.2) is 0 Å². The Balaban J connectivity index is 2.45. The number of nitrogens with two attached hydrogens (primary N) is 2. The third-order valence-corrected chi connectivity index (χ3v) is 3.37. The second-order valence-electron chi connectivity index (χ2n) is 4.65. The number of morpholine rings is 1. The van der Waals surface area contributed by atoms with E-state index in [-0.39, 0.29) is 29.5 Å². The average Bonchev–Trinajstić information content (AvgIpc) is 2.46. The minimum Gasteiger partial charge on any atom is -0.398 e. The first-order chi connectivity index (χ1) is 9.95. The molecule has 2 rings (SSSR count). The monoisotopic (exact) mass is 296 g/mol. The number of primary amides is 1. The van der Waals surface area contributed by atoms with Crippen molar-refractivity contribution in [2.45, 2.75) is 6.04 Å². The molecule has 1 atom stereocenters. The maximum Gasteiger partial charge on any atom is 0.250 e. The van der Waals surface area contributed by atoms with Crippen LogP contribution in [0.3, 0.4) is 0 Å². The molecule has 1 fully saturated rings. The summed E-state index contributed by atoms with van der Waals surface area (Å²) in [6.07, 6.45) is 0. The van der Waals surface area contributed by atoms with E-state index >= 15 is 0 Å². The number of hydrogen-bond donors (Lipinski definition) is 3. The van der Waals surface area contributed by atoms with Gasteiger partial charge in [-0.15, -0.1) is 0 Å². The van der Waals surface area contributed by atoms with Gasteiger partial charge in [0.2, 0.25) is 5.91 Å². The van der Waals surface area contributed by atoms with Crippen molar-refractivity contribution in [3.05, 3.63) is 23.5 Å². The van der Waals surface area contributed by atoms with Gasteiger partial charge < -0.3 is 26.4 Å². The first-order valence-electron chi connectivity index (χ1n) is 6.40. The molecule has 0 radical (unpaired) electrons. The Hall–Kier alpha value is -2.35. The summed E-state index contributed by atoms with van der Waals surface area (Å²) in [5.74, 6) is -1.67. The number of nitrogens with one attached hydrogen (secondary N) is 1. The third kappa shape index (κ3) is 2.89. The number of nitrogen functional groups attached to an aromatic ring is 1. The summed E-state index contributed by atoms with van der Waals surface area (Å²) in [5, 5.41) is 2.50. The minimum atomic E-state index is -0.751. The second-order valence-corrected chi connectivity index (χ2v) is 4.65. The Bertz CT molecular complexity index is 579. The molecule has 1 heterocycles. The van der Waals surface area contributed by atoms with Crippen LogP contribution in [0, 0.1) is 5.82 Å². The number of benzene rings is 1. The summed E-state index contributed by atoms with van der Waals surface area (Å²) in [7, 11) is 1.49. The van der Waals surface area contributed by atoms with Crippen molar-refractivity contribution in [2.75, 3.05) is 37.4 Å². The van der Waals surface area contributed by atoms with Crippen molar-refractivity contribution in [1.82, 2.24) is 5.32 Å². The lowest BCUT2D eigenvalue weighted by atomic mass is 10.1. The Labute approximate surface area is 121 Å². The molecule has 114 valence electrons. The fourth-order valence-electron chi connectivity index (χ4n) is 2.29. The molecule has 0 aromatic heterocycles. The summed E-state index contributed by atoms with van der Waals surface area (Å²) in [6.45, 7) is 0.801. The van der Waals surface area contributed by atoms with Crippen molar-refractivity contribution in [3.63, 3.8) is 0 Å². The minimum absolute atomic E-state index is 0.0218. The lowest BCUT2D eigenvalue weighted by molar-refractivity contribution is -0.124. The van der Waals surface area contributed by atoms with Gasteiger partial charge in [-0.25, -0.2) is 4.39 Å². The van der Waals surface area contributed by atoms with Crippen LogP contribution in [0.2, 0.25) is 0 Å². The molecular formula is C13H17FN4O3. The smallest absolute Gasteiger partial charge is 0.250 e. The van der Waals surface area contributed by atoms with Crippen molar-refractivity contribution in [2.24, 2.45) is 5.73 Å². The van der Waals surface area contributed by atoms with Gasteiger partial charge in [0, 0.05) is 19.3 Å². The zero-order valence-corrected chi connectivity index (χ0v) is 11.6. The Morgan fingerprint density at radius 2 is 2.19 bits per heavy atom. The Morgan fingerprint density at radius 1 is 1.48 bits per heavy atom. The molecule has 0 bridgehead atoms. The van der Waals surface area contributed by atoms with Crippen LogP contribution in [0.4, 0.5) is 15.8 Å². The van der Waals surface area contributed by atoms with E-state index < -0.39 is 17.8 Å². The molecule has 2 amide bonds. The van der Waals surface area contributed by atoms with Crippen LogP contribution in [0.5, 0.6) is 0 Å². The highest BCUT2D eigenvalue weighted by atomic mass is 19.1. The first-order valence-corrected chi connectivity index (χ1v) is 6.40. The first kappa shape index (κ1) is 15.0. The van der Waals surface area contributed by atoms with Crippen molar-refractivity contribution >= 4 is 23.2 Å². The van der Waals surface area contributed by atoms with Crippen molar-refractivity contribution in [3.8, 4) is 0 Å². The van der Waals surface area contributed by atoms with Gasteiger partial charge in [0.05, 0.1) is 24.5 Å². The van der Waals surface area contributed by atoms with E-state index in [1.165, 1.54) is 13.1 Å². The number of carbonyl (C=O) groups excluding carboxylic acids is 2. The highest BCUT2D eigenvalue weighted by Gasteiger charge is 2.31. The Kier molecular flexibility index (Phi) is 4.27. The van der Waals surface area contributed by atoms with Crippen molar-refractivity contribution in [1.29, 1.82) is 0 Å². The molecule has 8 heteroatoms. The number of nitrogens with zero attached hydrogens (tertiary/aromatic N) is 1. The molecule has 1 aromatic carbocycles. The average molecular weight is 296 g/mol. The highest BCUT2D eigenvalue weighted by Crippen LogP contribution is 2.28. The summed E-state index contributed by atoms with van der Waals surface area (Å²) < 4.78 is 19.4. The third-order valence-electron chi connectivity index (χ3n) is 3.37. The standard InChI is InChI=1S/C13H17FN4O3/c1-17-13(20)11-6-21-3-2-18(11)10-4-7(12(16)19)9(15)5-8(10)14/h4-5,11H,2-3,6,15H2,1H3,(H2,16,19)(H,17,20). The molecule has 0 aliphatic carbocycles. The van der Waals surface area contributed by atoms with Crippen LogP contribution >= 0.6 is 0 Å². The van der Waals surface area contributed by atoms with E-state index in [0.29, 0.717) is 13.2 Å². The van der Waals surface area contributed by atoms with Crippen LogP contribution < -0.4 is 21.7 Å². The van der Waals surface area contributed by atoms with Crippen LogP contribution in [0.15, 0.2) is 12.1 Å². The summed E-state index contributed by atoms with van der Waals surface area (Å²) >= 11 is 0. The lowest BCUT2D eigenvalue weighted by Crippen LogP contribution is -2.53. The normalized spacial score (nSPS) is 18.4. The topological polar surface area (TPSA) is 111 Å². The fraction of sp³-hybridized carbons (Fsp3) is 0.385. The van der Waals surface area contributed by atoms with E-state index in [4.69, 9.17) is 16.2 Å². The Morgan fingerprint density at radius 3 is 2.81 bits per heavy atom. The highest BCUT2D eigenvalue weighted by molar-refractivity contribution is 5.99. The molecule has 1 aliphatic rings. The molecule has 1 unspecified atom stereocenters. The summed E-state index contributed by atoms with van der Waals surface area (Å²) in [5.41, 5.74) is 10.9. The summed E-state index contributed by atoms with van der Waals surface area (Å²) in [4.78, 5) is 24.8. The van der Waals surface area contributed by atoms with Gasteiger partial charge >= 0.3 is 0 Å². The van der Waals surface area contributed by atoms with Crippen LogP contribution in [0.1, 0.15) is 10.4 Å². The predicted octanol–water partition coefficient (Wildman–Crippen LogP) is -0.542. The van der Waals surface area contributed by atoms with E-state index in [2.05, 4.69) is 5.32 Å². The molecule has 0 saturated carbocycles. The van der Waals surface area contributed by atoms with E-state index in [1.807, 2.05) is 0 Å². The van der Waals surface area contributed by atoms with Gasteiger partial charge in [-0.3, -0.25) is 9.59 Å². The zero-order valence-electron chi connectivity index (χ0n) is 11.6. The zero-order chi connectivity index (χ0) is 15.6. The molecule has 21 heavy (non-hydrogen) atoms. The number of anilines is 2. The fourth-order valence-corrected chi connectivity index (χ4v) is 2.29. The number of carbonyl (C=O) groups is 2. The maximum atomic E-state index is 14.2. The molecule has 1 aromatic rings. The number of halogens is 1. The maximum absolute atomic E-state index is 14.2. The molecular weight excluding hydrogens is 279 g/mol. The van der Waals surface area contributed by atoms with Gasteiger partial charge in [0.25, 0.3) is 5.91 Å². The largest absolute Gasteiger partial charge is 0.398 e. The molecule has 1 aliphatic heterocycles. The van der Waals surface area contributed by atoms with E-state index in [0.717, 1.165) is 6.07 Å². The molecule has 1 saturated heterocycles. The predicted molar refractivity (Wildman–Crippen MR) is 75.4 cm³/mol. The van der Waals surface area contributed by atoms with E-state index in [9.17, 15) is 14.0 Å². The van der Waals surface area contributed by atoms with Gasteiger partial charge in [-0.1, -0.05) is 0 Å². The van der Waals surface area contributed by atoms with Crippen molar-refractivity contribution < 1.29 is 18.7 Å². The SMILES string of the molecule is CNC(=O)C1COCCN1c1cc(C(N)=O)c(N)cc1F. The summed E-state index contributed by atoms with van der Waals surface area (Å²) in [6, 6.07) is 1.63. The van der Waals surface area contributed by atoms with Crippen LogP contribution in [0.25, 0.3) is 0 Å². The molecule has 7 nitrogen and oxygen atoms in total. The number of ether oxygens (including phenoxy) is 1. The van der Waals surface area contributed by atoms with Gasteiger partial charge in [-0.2, -0.15) is 0 Å².